The van der Waals surface area contributed by atoms with Crippen molar-refractivity contribution in [1.82, 2.24) is 15.0 Å². The molecule has 3 nitrogen and oxygen atoms in total. The van der Waals surface area contributed by atoms with Crippen molar-refractivity contribution < 1.29 is 0 Å². The maximum Gasteiger partial charge on any atom is 0.115 e. The molecule has 0 N–H and O–H groups in total. The molecule has 0 bridgehead atoms. The number of aromatic nitrogens is 3. The Morgan fingerprint density at radius 2 is 1.10 bits per heavy atom. The average Bonchev–Trinajstić information content (AvgIpc) is 2.55. The second kappa shape index (κ2) is 22.4. The summed E-state index contributed by atoms with van der Waals surface area (Å²) in [4.78, 5) is 11.4. The van der Waals surface area contributed by atoms with Gasteiger partial charge in [-0.3, -0.25) is 4.98 Å². The van der Waals surface area contributed by atoms with Gasteiger partial charge in [-0.15, -0.1) is 0 Å². The van der Waals surface area contributed by atoms with Crippen molar-refractivity contribution in [3.63, 3.8) is 0 Å². The van der Waals surface area contributed by atoms with E-state index in [1.165, 1.54) is 11.9 Å². The van der Waals surface area contributed by atoms with Crippen LogP contribution in [0.3, 0.4) is 0 Å². The molecule has 0 aliphatic carbocycles. The van der Waals surface area contributed by atoms with Crippen LogP contribution in [-0.2, 0) is 0 Å². The largest absolute Gasteiger partial charge is 0.264 e. The molecule has 2 aromatic heterocycles. The monoisotopic (exact) mass is 277 g/mol. The van der Waals surface area contributed by atoms with Crippen molar-refractivity contribution in [2.24, 2.45) is 0 Å². The van der Waals surface area contributed by atoms with Gasteiger partial charge in [-0.25, -0.2) is 9.97 Å². The Morgan fingerprint density at radius 3 is 1.30 bits per heavy atom. The zero-order valence-corrected chi connectivity index (χ0v) is 14.4. The Hall–Kier alpha value is -1.77. The lowest BCUT2D eigenvalue weighted by atomic mass is 10.3. The molecular weight excluding hydrogens is 246 g/mol. The Balaban J connectivity index is -0.000000211. The number of nitrogens with zero attached hydrogens (tertiary/aromatic N) is 3. The van der Waals surface area contributed by atoms with E-state index < -0.39 is 0 Å². The quantitative estimate of drug-likeness (QED) is 0.660. The zero-order chi connectivity index (χ0) is 16.2. The predicted molar refractivity (Wildman–Crippen MR) is 89.8 cm³/mol. The van der Waals surface area contributed by atoms with Crippen LogP contribution in [0.4, 0.5) is 0 Å². The molecule has 2 rings (SSSR count). The number of pyridine rings is 1. The fourth-order valence-electron chi connectivity index (χ4n) is 0.822. The van der Waals surface area contributed by atoms with Crippen molar-refractivity contribution in [1.29, 1.82) is 0 Å². The van der Waals surface area contributed by atoms with Gasteiger partial charge in [-0.05, 0) is 31.0 Å². The molecule has 2 heterocycles. The van der Waals surface area contributed by atoms with E-state index in [9.17, 15) is 0 Å². The number of hydrogen-bond donors (Lipinski definition) is 0. The molecule has 3 heteroatoms. The third-order valence-electron chi connectivity index (χ3n) is 1.50. The van der Waals surface area contributed by atoms with Crippen molar-refractivity contribution in [2.45, 2.75) is 55.4 Å². The van der Waals surface area contributed by atoms with Crippen molar-refractivity contribution in [3.05, 3.63) is 54.4 Å². The summed E-state index contributed by atoms with van der Waals surface area (Å²) in [7, 11) is 0. The maximum absolute atomic E-state index is 3.88. The van der Waals surface area contributed by atoms with Crippen LogP contribution < -0.4 is 0 Å². The second-order valence-corrected chi connectivity index (χ2v) is 2.95. The highest BCUT2D eigenvalue weighted by atomic mass is 14.8. The Labute approximate surface area is 125 Å². The first kappa shape index (κ1) is 23.3. The van der Waals surface area contributed by atoms with E-state index in [-0.39, 0.29) is 0 Å². The molecule has 0 saturated heterocycles. The van der Waals surface area contributed by atoms with E-state index in [4.69, 9.17) is 0 Å². The van der Waals surface area contributed by atoms with E-state index in [2.05, 4.69) is 15.0 Å². The van der Waals surface area contributed by atoms with Crippen LogP contribution in [0, 0.1) is 13.8 Å². The topological polar surface area (TPSA) is 38.7 Å². The van der Waals surface area contributed by atoms with Gasteiger partial charge in [-0.1, -0.05) is 47.6 Å². The summed E-state index contributed by atoms with van der Waals surface area (Å²) in [6, 6.07) is 3.95. The third-order valence-corrected chi connectivity index (χ3v) is 1.50. The molecule has 114 valence electrons. The molecule has 0 aromatic carbocycles. The zero-order valence-electron chi connectivity index (χ0n) is 14.4. The summed E-state index contributed by atoms with van der Waals surface area (Å²) < 4.78 is 0. The van der Waals surface area contributed by atoms with Crippen LogP contribution >= 0.6 is 0 Å². The first-order valence-electron chi connectivity index (χ1n) is 7.37. The van der Waals surface area contributed by atoms with Crippen LogP contribution in [-0.4, -0.2) is 15.0 Å². The smallest absolute Gasteiger partial charge is 0.115 e. The molecular formula is C17H31N3. The van der Waals surface area contributed by atoms with Crippen molar-refractivity contribution >= 4 is 0 Å². The Kier molecular flexibility index (Phi) is 26.1. The molecule has 0 amide bonds. The summed E-state index contributed by atoms with van der Waals surface area (Å²) in [6.45, 7) is 16.0. The lowest BCUT2D eigenvalue weighted by Gasteiger charge is -1.82. The third kappa shape index (κ3) is 18.6. The molecule has 0 unspecified atom stereocenters. The van der Waals surface area contributed by atoms with Gasteiger partial charge in [0.05, 0.1) is 0 Å². The van der Waals surface area contributed by atoms with Crippen molar-refractivity contribution in [3.8, 4) is 0 Å². The highest BCUT2D eigenvalue weighted by Gasteiger charge is 1.74. The minimum atomic E-state index is 1.10. The molecule has 0 radical (unpaired) electrons. The first-order valence-corrected chi connectivity index (χ1v) is 7.37. The number of hydrogen-bond acceptors (Lipinski definition) is 3. The Bertz CT molecular complexity index is 310. The predicted octanol–water partition coefficient (Wildman–Crippen LogP) is 5.25. The van der Waals surface area contributed by atoms with Crippen LogP contribution in [0.2, 0.25) is 0 Å². The highest BCUT2D eigenvalue weighted by molar-refractivity contribution is 5.04. The van der Waals surface area contributed by atoms with Crippen LogP contribution in [0.1, 0.15) is 52.7 Å². The summed E-state index contributed by atoms with van der Waals surface area (Å²) in [5.41, 5.74) is 2.31. The summed E-state index contributed by atoms with van der Waals surface area (Å²) in [5.74, 6) is 0. The Morgan fingerprint density at radius 1 is 0.650 bits per heavy atom. The van der Waals surface area contributed by atoms with E-state index in [0.29, 0.717) is 0 Å². The SMILES string of the molecule is CC.CC.CC.Cc1cccnc1.Cc1cncnc1. The molecule has 0 atom stereocenters. The van der Waals surface area contributed by atoms with E-state index in [0.717, 1.165) is 5.56 Å². The van der Waals surface area contributed by atoms with Gasteiger partial charge in [-0.2, -0.15) is 0 Å². The molecule has 0 fully saturated rings. The lowest BCUT2D eigenvalue weighted by Crippen LogP contribution is -1.75. The van der Waals surface area contributed by atoms with Gasteiger partial charge in [0.1, 0.15) is 6.33 Å². The lowest BCUT2D eigenvalue weighted by molar-refractivity contribution is 1.13. The number of rotatable bonds is 0. The van der Waals surface area contributed by atoms with E-state index in [1.807, 2.05) is 73.7 Å². The first-order chi connectivity index (χ1) is 9.79. The van der Waals surface area contributed by atoms with Crippen LogP contribution in [0.5, 0.6) is 0 Å². The standard InChI is InChI=1S/C6H7N.C5H6N2.3C2H6/c1-6-3-2-4-7-5-6;1-5-2-6-4-7-3-5;3*1-2/h2-5H,1H3;2-4H,1H3;3*1-2H3. The summed E-state index contributed by atoms with van der Waals surface area (Å²) >= 11 is 0. The number of aryl methyl sites for hydroxylation is 2. The van der Waals surface area contributed by atoms with E-state index in [1.54, 1.807) is 18.6 Å². The minimum absolute atomic E-state index is 1.10. The van der Waals surface area contributed by atoms with Crippen LogP contribution in [0.15, 0.2) is 43.2 Å². The fourth-order valence-corrected chi connectivity index (χ4v) is 0.822. The summed E-state index contributed by atoms with van der Waals surface area (Å²) in [5, 5.41) is 0. The van der Waals surface area contributed by atoms with Gasteiger partial charge in [0.15, 0.2) is 0 Å². The summed E-state index contributed by atoms with van der Waals surface area (Å²) in [6.07, 6.45) is 8.67. The van der Waals surface area contributed by atoms with E-state index >= 15 is 0 Å². The van der Waals surface area contributed by atoms with Gasteiger partial charge in [0.25, 0.3) is 0 Å². The highest BCUT2D eigenvalue weighted by Crippen LogP contribution is 1.88. The molecule has 0 aliphatic heterocycles. The van der Waals surface area contributed by atoms with Gasteiger partial charge in [0, 0.05) is 24.8 Å². The molecule has 2 aromatic rings. The molecule has 20 heavy (non-hydrogen) atoms. The second-order valence-electron chi connectivity index (χ2n) is 2.95. The molecule has 0 saturated carbocycles. The fraction of sp³-hybridized carbons (Fsp3) is 0.471. The maximum atomic E-state index is 3.88. The minimum Gasteiger partial charge on any atom is -0.264 e. The molecule has 0 spiro atoms. The average molecular weight is 277 g/mol. The van der Waals surface area contributed by atoms with Gasteiger partial charge >= 0.3 is 0 Å². The normalized spacial score (nSPS) is 7.00. The van der Waals surface area contributed by atoms with Crippen LogP contribution in [0.25, 0.3) is 0 Å². The van der Waals surface area contributed by atoms with Gasteiger partial charge < -0.3 is 0 Å². The van der Waals surface area contributed by atoms with Crippen molar-refractivity contribution in [2.75, 3.05) is 0 Å². The van der Waals surface area contributed by atoms with Gasteiger partial charge in [0.2, 0.25) is 0 Å². The molecule has 0 aliphatic rings.